The average molecular weight is 315 g/mol. The van der Waals surface area contributed by atoms with E-state index in [4.69, 9.17) is 0 Å². The van der Waals surface area contributed by atoms with Crippen LogP contribution in [0.1, 0.15) is 77.0 Å². The minimum Gasteiger partial charge on any atom is -0.389 e. The first-order valence-corrected chi connectivity index (χ1v) is 10.9. The van der Waals surface area contributed by atoms with E-state index in [1.54, 1.807) is 0 Å². The summed E-state index contributed by atoms with van der Waals surface area (Å²) in [6.45, 7) is 0. The van der Waals surface area contributed by atoms with Crippen molar-refractivity contribution in [1.82, 2.24) is 0 Å². The van der Waals surface area contributed by atoms with Crippen LogP contribution in [0.4, 0.5) is 0 Å². The van der Waals surface area contributed by atoms with Crippen molar-refractivity contribution < 1.29 is 5.11 Å². The Kier molecular flexibility index (Phi) is 2.94. The molecular formula is C22H34O. The fourth-order valence-electron chi connectivity index (χ4n) is 9.26. The summed E-state index contributed by atoms with van der Waals surface area (Å²) in [7, 11) is 0. The number of hydrogen-bond acceptors (Lipinski definition) is 1. The molecular weight excluding hydrogens is 280 g/mol. The van der Waals surface area contributed by atoms with Gasteiger partial charge in [-0.1, -0.05) is 19.3 Å². The zero-order valence-corrected chi connectivity index (χ0v) is 14.6. The Balaban J connectivity index is 1.38. The Morgan fingerprint density at radius 2 is 0.826 bits per heavy atom. The number of rotatable bonds is 3. The Labute approximate surface area is 141 Å². The minimum atomic E-state index is -0.250. The molecule has 1 nitrogen and oxygen atoms in total. The van der Waals surface area contributed by atoms with Crippen molar-refractivity contribution in [1.29, 1.82) is 0 Å². The first-order valence-electron chi connectivity index (χ1n) is 10.9. The molecule has 1 N–H and O–H groups in total. The Bertz CT molecular complexity index is 429. The van der Waals surface area contributed by atoms with E-state index in [0.29, 0.717) is 17.8 Å². The topological polar surface area (TPSA) is 20.2 Å². The van der Waals surface area contributed by atoms with E-state index in [2.05, 4.69) is 0 Å². The van der Waals surface area contributed by atoms with Crippen LogP contribution in [0.3, 0.4) is 0 Å². The fraction of sp³-hybridized carbons (Fsp3) is 1.00. The van der Waals surface area contributed by atoms with Crippen molar-refractivity contribution in [3.05, 3.63) is 0 Å². The lowest BCUT2D eigenvalue weighted by Gasteiger charge is -2.52. The highest BCUT2D eigenvalue weighted by Gasteiger charge is 2.63. The number of hydrogen-bond donors (Lipinski definition) is 1. The summed E-state index contributed by atoms with van der Waals surface area (Å²) in [5, 5.41) is 12.5. The summed E-state index contributed by atoms with van der Waals surface area (Å²) >= 11 is 0. The van der Waals surface area contributed by atoms with Crippen LogP contribution in [0.15, 0.2) is 0 Å². The van der Waals surface area contributed by atoms with E-state index in [0.717, 1.165) is 35.5 Å². The minimum absolute atomic E-state index is 0.250. The van der Waals surface area contributed by atoms with Crippen molar-refractivity contribution in [2.24, 2.45) is 53.3 Å². The predicted molar refractivity (Wildman–Crippen MR) is 91.8 cm³/mol. The molecule has 0 unspecified atom stereocenters. The van der Waals surface area contributed by atoms with Crippen molar-refractivity contribution in [2.45, 2.75) is 82.7 Å². The van der Waals surface area contributed by atoms with Crippen LogP contribution in [0.5, 0.6) is 0 Å². The molecule has 0 saturated heterocycles. The van der Waals surface area contributed by atoms with E-state index in [-0.39, 0.29) is 5.60 Å². The van der Waals surface area contributed by atoms with Gasteiger partial charge in [-0.05, 0) is 111 Å². The highest BCUT2D eigenvalue weighted by Crippen LogP contribution is 2.66. The highest BCUT2D eigenvalue weighted by atomic mass is 16.3. The molecule has 0 aliphatic heterocycles. The largest absolute Gasteiger partial charge is 0.389 e. The number of aliphatic hydroxyl groups is 1. The highest BCUT2D eigenvalue weighted by molar-refractivity contribution is 5.13. The van der Waals surface area contributed by atoms with E-state index >= 15 is 0 Å². The van der Waals surface area contributed by atoms with Crippen LogP contribution in [-0.2, 0) is 0 Å². The van der Waals surface area contributed by atoms with Crippen LogP contribution in [-0.4, -0.2) is 10.7 Å². The fourth-order valence-corrected chi connectivity index (χ4v) is 9.26. The maximum atomic E-state index is 12.5. The zero-order valence-electron chi connectivity index (χ0n) is 14.6. The summed E-state index contributed by atoms with van der Waals surface area (Å²) in [6, 6.07) is 0. The molecule has 6 bridgehead atoms. The van der Waals surface area contributed by atoms with Gasteiger partial charge in [0.2, 0.25) is 0 Å². The molecule has 0 aromatic heterocycles. The second kappa shape index (κ2) is 4.77. The SMILES string of the molecule is OC([C@@H]1C[C@H]2CC[C@H]1C2)([C@@H]1C[C@H]2CC[C@H]1C2)[C@@H]1C[C@H]2CC[C@H]1C2. The lowest BCUT2D eigenvalue weighted by atomic mass is 9.57. The molecule has 0 radical (unpaired) electrons. The smallest absolute Gasteiger partial charge is 0.0740 e. The molecule has 6 aliphatic rings. The Hall–Kier alpha value is -0.0400. The Morgan fingerprint density at radius 1 is 0.478 bits per heavy atom. The van der Waals surface area contributed by atoms with E-state index in [1.807, 2.05) is 0 Å². The van der Waals surface area contributed by atoms with E-state index in [9.17, 15) is 5.11 Å². The first-order chi connectivity index (χ1) is 11.2. The van der Waals surface area contributed by atoms with Crippen LogP contribution in [0, 0.1) is 53.3 Å². The summed E-state index contributed by atoms with van der Waals surface area (Å²) < 4.78 is 0. The summed E-state index contributed by atoms with van der Waals surface area (Å²) in [5.41, 5.74) is -0.250. The van der Waals surface area contributed by atoms with E-state index < -0.39 is 0 Å². The molecule has 0 spiro atoms. The lowest BCUT2D eigenvalue weighted by Crippen LogP contribution is -2.55. The second-order valence-corrected chi connectivity index (χ2v) is 10.7. The quantitative estimate of drug-likeness (QED) is 0.775. The van der Waals surface area contributed by atoms with Gasteiger partial charge in [0.15, 0.2) is 0 Å². The molecule has 9 atom stereocenters. The molecule has 23 heavy (non-hydrogen) atoms. The molecule has 0 heterocycles. The van der Waals surface area contributed by atoms with Gasteiger partial charge in [-0.3, -0.25) is 0 Å². The van der Waals surface area contributed by atoms with Gasteiger partial charge < -0.3 is 5.11 Å². The molecule has 6 rings (SSSR count). The summed E-state index contributed by atoms with van der Waals surface area (Å²) in [6.07, 6.45) is 17.3. The van der Waals surface area contributed by atoms with Crippen LogP contribution in [0.25, 0.3) is 0 Å². The van der Waals surface area contributed by atoms with Gasteiger partial charge in [0, 0.05) is 0 Å². The summed E-state index contributed by atoms with van der Waals surface area (Å²) in [4.78, 5) is 0. The predicted octanol–water partition coefficient (Wildman–Crippen LogP) is 5.03. The first kappa shape index (κ1) is 14.2. The van der Waals surface area contributed by atoms with Crippen molar-refractivity contribution in [2.75, 3.05) is 0 Å². The Morgan fingerprint density at radius 3 is 1.04 bits per heavy atom. The molecule has 128 valence electrons. The zero-order chi connectivity index (χ0) is 15.2. The van der Waals surface area contributed by atoms with Gasteiger partial charge in [0.1, 0.15) is 0 Å². The van der Waals surface area contributed by atoms with Gasteiger partial charge >= 0.3 is 0 Å². The molecule has 0 aromatic rings. The third-order valence-corrected chi connectivity index (χ3v) is 10.00. The van der Waals surface area contributed by atoms with Crippen LogP contribution < -0.4 is 0 Å². The lowest BCUT2D eigenvalue weighted by molar-refractivity contribution is -0.156. The van der Waals surface area contributed by atoms with Gasteiger partial charge in [-0.25, -0.2) is 0 Å². The second-order valence-electron chi connectivity index (χ2n) is 10.7. The van der Waals surface area contributed by atoms with Crippen molar-refractivity contribution >= 4 is 0 Å². The third-order valence-electron chi connectivity index (χ3n) is 10.00. The normalized spacial score (nSPS) is 57.0. The molecule has 6 aliphatic carbocycles. The van der Waals surface area contributed by atoms with Gasteiger partial charge in [0.25, 0.3) is 0 Å². The standard InChI is InChI=1S/C22H34O/c23-22(19-10-13-1-4-16(19)7-13,20-11-14-2-5-17(20)8-14)21-12-15-3-6-18(21)9-15/h13-21,23H,1-12H2/t13-,14-,15-,16-,17-,18-,19+,20+,21+/m0/s1. The van der Waals surface area contributed by atoms with Gasteiger partial charge in [-0.15, -0.1) is 0 Å². The maximum Gasteiger partial charge on any atom is 0.0740 e. The average Bonchev–Trinajstić information content (AvgIpc) is 3.40. The monoisotopic (exact) mass is 314 g/mol. The van der Waals surface area contributed by atoms with Crippen LogP contribution in [0.2, 0.25) is 0 Å². The maximum absolute atomic E-state index is 12.5. The van der Waals surface area contributed by atoms with Crippen molar-refractivity contribution in [3.8, 4) is 0 Å². The molecule has 6 fully saturated rings. The third kappa shape index (κ3) is 1.84. The summed E-state index contributed by atoms with van der Waals surface area (Å²) in [5.74, 6) is 7.69. The number of fused-ring (bicyclic) bond motifs is 6. The van der Waals surface area contributed by atoms with Gasteiger partial charge in [0.05, 0.1) is 5.60 Å². The molecule has 0 aromatic carbocycles. The molecule has 6 saturated carbocycles. The van der Waals surface area contributed by atoms with E-state index in [1.165, 1.54) is 77.0 Å². The molecule has 1 heteroatoms. The van der Waals surface area contributed by atoms with Crippen LogP contribution >= 0.6 is 0 Å². The van der Waals surface area contributed by atoms with Crippen molar-refractivity contribution in [3.63, 3.8) is 0 Å². The van der Waals surface area contributed by atoms with Gasteiger partial charge in [-0.2, -0.15) is 0 Å². The molecule has 0 amide bonds.